The summed E-state index contributed by atoms with van der Waals surface area (Å²) in [5.41, 5.74) is 3.21. The van der Waals surface area contributed by atoms with E-state index < -0.39 is 0 Å². The van der Waals surface area contributed by atoms with Crippen molar-refractivity contribution in [3.05, 3.63) is 65.1 Å². The third-order valence-corrected chi connectivity index (χ3v) is 5.56. The van der Waals surface area contributed by atoms with Gasteiger partial charge in [0.1, 0.15) is 23.9 Å². The van der Waals surface area contributed by atoms with Crippen molar-refractivity contribution in [3.63, 3.8) is 0 Å². The van der Waals surface area contributed by atoms with Gasteiger partial charge in [-0.15, -0.1) is 0 Å². The molecule has 0 radical (unpaired) electrons. The second-order valence-electron chi connectivity index (χ2n) is 7.83. The number of nitrogens with zero attached hydrogens (tertiary/aromatic N) is 4. The molecule has 2 aromatic heterocycles. The highest BCUT2D eigenvalue weighted by Crippen LogP contribution is 2.21. The first kappa shape index (κ1) is 18.7. The molecular weight excluding hydrogens is 352 g/mol. The van der Waals surface area contributed by atoms with Gasteiger partial charge in [-0.1, -0.05) is 17.3 Å². The molecule has 6 heteroatoms. The van der Waals surface area contributed by atoms with E-state index in [-0.39, 0.29) is 0 Å². The Morgan fingerprint density at radius 1 is 1.25 bits per heavy atom. The average Bonchev–Trinajstić information content (AvgIpc) is 3.27. The normalized spacial score (nSPS) is 16.4. The molecule has 1 aromatic carbocycles. The molecule has 3 heterocycles. The summed E-state index contributed by atoms with van der Waals surface area (Å²) in [6, 6.07) is 8.37. The summed E-state index contributed by atoms with van der Waals surface area (Å²) >= 11 is 0. The first-order valence-electron chi connectivity index (χ1n) is 9.90. The zero-order valence-electron chi connectivity index (χ0n) is 16.9. The van der Waals surface area contributed by atoms with Crippen LogP contribution in [0.4, 0.5) is 0 Å². The maximum absolute atomic E-state index is 5.90. The van der Waals surface area contributed by atoms with Gasteiger partial charge in [-0.25, -0.2) is 4.98 Å². The zero-order valence-corrected chi connectivity index (χ0v) is 16.9. The Bertz CT molecular complexity index is 894. The maximum atomic E-state index is 5.90. The van der Waals surface area contributed by atoms with Gasteiger partial charge in [-0.05, 0) is 50.9 Å². The Morgan fingerprint density at radius 3 is 2.82 bits per heavy atom. The maximum Gasteiger partial charge on any atom is 0.140 e. The van der Waals surface area contributed by atoms with Gasteiger partial charge in [-0.2, -0.15) is 0 Å². The van der Waals surface area contributed by atoms with Crippen molar-refractivity contribution in [3.8, 4) is 5.75 Å². The number of aromatic nitrogens is 3. The molecule has 4 rings (SSSR count). The molecule has 1 atom stereocenters. The van der Waals surface area contributed by atoms with E-state index in [9.17, 15) is 0 Å². The molecule has 0 bridgehead atoms. The van der Waals surface area contributed by atoms with Crippen LogP contribution >= 0.6 is 0 Å². The van der Waals surface area contributed by atoms with Gasteiger partial charge in [0.15, 0.2) is 0 Å². The summed E-state index contributed by atoms with van der Waals surface area (Å²) < 4.78 is 13.4. The fraction of sp³-hybridized carbons (Fsp3) is 0.455. The highest BCUT2D eigenvalue weighted by molar-refractivity contribution is 5.28. The van der Waals surface area contributed by atoms with Crippen LogP contribution in [0, 0.1) is 19.8 Å². The van der Waals surface area contributed by atoms with Gasteiger partial charge in [0.2, 0.25) is 0 Å². The van der Waals surface area contributed by atoms with Crippen molar-refractivity contribution in [2.45, 2.75) is 46.4 Å². The predicted octanol–water partition coefficient (Wildman–Crippen LogP) is 3.76. The second-order valence-corrected chi connectivity index (χ2v) is 7.83. The molecule has 0 fully saturated rings. The highest BCUT2D eigenvalue weighted by Gasteiger charge is 2.20. The summed E-state index contributed by atoms with van der Waals surface area (Å²) in [5.74, 6) is 3.59. The van der Waals surface area contributed by atoms with Crippen molar-refractivity contribution in [1.29, 1.82) is 0 Å². The molecule has 0 aliphatic carbocycles. The molecule has 6 nitrogen and oxygen atoms in total. The van der Waals surface area contributed by atoms with Crippen molar-refractivity contribution in [2.24, 2.45) is 5.92 Å². The smallest absolute Gasteiger partial charge is 0.140 e. The molecule has 148 valence electrons. The number of aryl methyl sites for hydroxylation is 3. The highest BCUT2D eigenvalue weighted by atomic mass is 16.5. The topological polar surface area (TPSA) is 56.3 Å². The Balaban J connectivity index is 1.27. The van der Waals surface area contributed by atoms with Crippen LogP contribution in [0.5, 0.6) is 5.75 Å². The van der Waals surface area contributed by atoms with Gasteiger partial charge < -0.3 is 18.7 Å². The zero-order chi connectivity index (χ0) is 19.5. The van der Waals surface area contributed by atoms with Gasteiger partial charge in [0, 0.05) is 38.4 Å². The second kappa shape index (κ2) is 8.19. The third kappa shape index (κ3) is 4.28. The van der Waals surface area contributed by atoms with Gasteiger partial charge in [0.25, 0.3) is 0 Å². The minimum absolute atomic E-state index is 0.484. The van der Waals surface area contributed by atoms with Crippen LogP contribution in [0.2, 0.25) is 0 Å². The largest absolute Gasteiger partial charge is 0.489 e. The molecule has 0 amide bonds. The van der Waals surface area contributed by atoms with E-state index in [0.29, 0.717) is 12.5 Å². The molecule has 0 saturated heterocycles. The van der Waals surface area contributed by atoms with E-state index in [2.05, 4.69) is 45.0 Å². The van der Waals surface area contributed by atoms with Crippen LogP contribution in [-0.4, -0.2) is 33.2 Å². The lowest BCUT2D eigenvalue weighted by Gasteiger charge is -2.27. The third-order valence-electron chi connectivity index (χ3n) is 5.56. The summed E-state index contributed by atoms with van der Waals surface area (Å²) in [4.78, 5) is 6.88. The molecule has 1 aliphatic heterocycles. The molecule has 0 spiro atoms. The monoisotopic (exact) mass is 380 g/mol. The number of benzene rings is 1. The molecule has 28 heavy (non-hydrogen) atoms. The summed E-state index contributed by atoms with van der Waals surface area (Å²) in [6.45, 7) is 7.46. The van der Waals surface area contributed by atoms with Gasteiger partial charge in [-0.3, -0.25) is 0 Å². The minimum atomic E-state index is 0.484. The Morgan fingerprint density at radius 2 is 2.07 bits per heavy atom. The van der Waals surface area contributed by atoms with E-state index in [0.717, 1.165) is 48.8 Å². The Hall–Kier alpha value is -2.60. The molecule has 1 unspecified atom stereocenters. The lowest BCUT2D eigenvalue weighted by Crippen LogP contribution is -2.30. The fourth-order valence-corrected chi connectivity index (χ4v) is 3.94. The first-order valence-corrected chi connectivity index (χ1v) is 9.90. The average molecular weight is 380 g/mol. The van der Waals surface area contributed by atoms with E-state index in [1.807, 2.05) is 32.2 Å². The molecule has 0 saturated carbocycles. The predicted molar refractivity (Wildman–Crippen MR) is 107 cm³/mol. The van der Waals surface area contributed by atoms with Crippen molar-refractivity contribution in [1.82, 2.24) is 19.6 Å². The standard InChI is InChI=1S/C22H28N4O2/c1-16-21(17(2)28-24-16)15-27-20-6-4-18(5-7-20)13-25(3)14-19-8-10-26-11-9-23-22(26)12-19/h4-7,9,11,19H,8,10,12-15H2,1-3H3. The van der Waals surface area contributed by atoms with Crippen molar-refractivity contribution >= 4 is 0 Å². The van der Waals surface area contributed by atoms with E-state index in [1.54, 1.807) is 0 Å². The Kier molecular flexibility index (Phi) is 5.48. The number of hydrogen-bond acceptors (Lipinski definition) is 5. The van der Waals surface area contributed by atoms with Gasteiger partial charge in [0.05, 0.1) is 11.3 Å². The molecule has 0 N–H and O–H groups in total. The van der Waals surface area contributed by atoms with Crippen LogP contribution in [0.3, 0.4) is 0 Å². The van der Waals surface area contributed by atoms with Crippen LogP contribution in [0.15, 0.2) is 41.2 Å². The number of hydrogen-bond donors (Lipinski definition) is 0. The number of ether oxygens (including phenoxy) is 1. The number of rotatable bonds is 7. The number of imidazole rings is 1. The minimum Gasteiger partial charge on any atom is -0.489 e. The van der Waals surface area contributed by atoms with E-state index in [1.165, 1.54) is 17.8 Å². The van der Waals surface area contributed by atoms with Crippen LogP contribution < -0.4 is 4.74 Å². The van der Waals surface area contributed by atoms with E-state index in [4.69, 9.17) is 9.26 Å². The molecule has 1 aliphatic rings. The molecular formula is C22H28N4O2. The van der Waals surface area contributed by atoms with Gasteiger partial charge >= 0.3 is 0 Å². The quantitative estimate of drug-likeness (QED) is 0.625. The lowest BCUT2D eigenvalue weighted by atomic mass is 9.97. The van der Waals surface area contributed by atoms with E-state index >= 15 is 0 Å². The van der Waals surface area contributed by atoms with Crippen LogP contribution in [-0.2, 0) is 26.1 Å². The number of fused-ring (bicyclic) bond motifs is 1. The SMILES string of the molecule is Cc1noc(C)c1COc1ccc(CN(C)CC2CCn3ccnc3C2)cc1. The fourth-order valence-electron chi connectivity index (χ4n) is 3.94. The molecule has 3 aromatic rings. The first-order chi connectivity index (χ1) is 13.6. The summed E-state index contributed by atoms with van der Waals surface area (Å²) in [7, 11) is 2.20. The lowest BCUT2D eigenvalue weighted by molar-refractivity contribution is 0.238. The Labute approximate surface area is 166 Å². The van der Waals surface area contributed by atoms with Crippen LogP contribution in [0.25, 0.3) is 0 Å². The summed E-state index contributed by atoms with van der Waals surface area (Å²) in [5, 5.41) is 3.97. The van der Waals surface area contributed by atoms with Crippen LogP contribution in [0.1, 0.15) is 34.8 Å². The van der Waals surface area contributed by atoms with Crippen molar-refractivity contribution < 1.29 is 9.26 Å². The van der Waals surface area contributed by atoms with Crippen molar-refractivity contribution in [2.75, 3.05) is 13.6 Å². The summed E-state index contributed by atoms with van der Waals surface area (Å²) in [6.07, 6.45) is 6.30.